The lowest BCUT2D eigenvalue weighted by Gasteiger charge is -2.37. The number of anilines is 1. The number of carbonyl (C=O) groups is 1. The van der Waals surface area contributed by atoms with Crippen LogP contribution in [0.1, 0.15) is 32.3 Å². The van der Waals surface area contributed by atoms with Crippen LogP contribution in [0, 0.1) is 0 Å². The van der Waals surface area contributed by atoms with E-state index in [1.807, 2.05) is 25.1 Å². The summed E-state index contributed by atoms with van der Waals surface area (Å²) in [4.78, 5) is 13.7. The van der Waals surface area contributed by atoms with E-state index in [4.69, 9.17) is 4.74 Å². The van der Waals surface area contributed by atoms with E-state index < -0.39 is 5.60 Å². The predicted octanol–water partition coefficient (Wildman–Crippen LogP) is 1.92. The Morgan fingerprint density at radius 1 is 1.44 bits per heavy atom. The van der Waals surface area contributed by atoms with Gasteiger partial charge in [-0.15, -0.1) is 0 Å². The van der Waals surface area contributed by atoms with Crippen LogP contribution in [-0.4, -0.2) is 30.3 Å². The second kappa shape index (κ2) is 4.28. The van der Waals surface area contributed by atoms with Gasteiger partial charge in [0, 0.05) is 19.6 Å². The molecule has 1 aromatic rings. The molecule has 0 saturated heterocycles. The quantitative estimate of drug-likeness (QED) is 0.871. The van der Waals surface area contributed by atoms with Crippen LogP contribution in [0.2, 0.25) is 0 Å². The minimum atomic E-state index is -0.828. The Balaban J connectivity index is 2.46. The Bertz CT molecular complexity index is 482. The number of aliphatic hydroxyl groups excluding tert-OH is 1. The van der Waals surface area contributed by atoms with Crippen LogP contribution in [-0.2, 0) is 4.79 Å². The van der Waals surface area contributed by atoms with Gasteiger partial charge in [-0.2, -0.15) is 0 Å². The fraction of sp³-hybridized carbons (Fsp3) is 0.500. The molecule has 0 aliphatic carbocycles. The van der Waals surface area contributed by atoms with Crippen LogP contribution in [0.15, 0.2) is 18.2 Å². The van der Waals surface area contributed by atoms with Gasteiger partial charge in [-0.3, -0.25) is 4.79 Å². The average Bonchev–Trinajstić information content (AvgIpc) is 2.34. The first kappa shape index (κ1) is 12.9. The molecule has 1 amide bonds. The molecule has 0 aromatic heterocycles. The molecule has 0 spiro atoms. The van der Waals surface area contributed by atoms with Crippen LogP contribution in [0.3, 0.4) is 0 Å². The number of fused-ring (bicyclic) bond motifs is 1. The van der Waals surface area contributed by atoms with Crippen molar-refractivity contribution in [3.8, 4) is 5.75 Å². The van der Waals surface area contributed by atoms with Crippen molar-refractivity contribution in [3.05, 3.63) is 23.8 Å². The first-order chi connectivity index (χ1) is 8.36. The summed E-state index contributed by atoms with van der Waals surface area (Å²) in [6.45, 7) is 5.55. The molecule has 1 unspecified atom stereocenters. The smallest absolute Gasteiger partial charge is 0.270 e. The fourth-order valence-electron chi connectivity index (χ4n) is 2.13. The minimum Gasteiger partial charge on any atom is -0.476 e. The maximum absolute atomic E-state index is 12.1. The van der Waals surface area contributed by atoms with Gasteiger partial charge < -0.3 is 14.7 Å². The second-order valence-electron chi connectivity index (χ2n) is 5.29. The molecule has 0 fully saturated rings. The van der Waals surface area contributed by atoms with E-state index in [1.54, 1.807) is 25.8 Å². The predicted molar refractivity (Wildman–Crippen MR) is 70.1 cm³/mol. The Hall–Kier alpha value is -1.55. The van der Waals surface area contributed by atoms with Gasteiger partial charge in [-0.25, -0.2) is 0 Å². The van der Waals surface area contributed by atoms with E-state index in [0.717, 1.165) is 11.3 Å². The largest absolute Gasteiger partial charge is 0.476 e. The number of benzene rings is 1. The minimum absolute atomic E-state index is 0.0498. The third-order valence-corrected chi connectivity index (χ3v) is 3.37. The van der Waals surface area contributed by atoms with Gasteiger partial charge in [0.05, 0.1) is 5.69 Å². The fourth-order valence-corrected chi connectivity index (χ4v) is 2.13. The average molecular weight is 249 g/mol. The molecule has 0 radical (unpaired) electrons. The van der Waals surface area contributed by atoms with Crippen LogP contribution >= 0.6 is 0 Å². The number of rotatable bonds is 2. The standard InChI is InChI=1S/C14H19NO3/c1-9(8-16)10-5-6-12-11(7-10)15(4)13(17)14(2,3)18-12/h5-7,9,16H,8H2,1-4H3. The van der Waals surface area contributed by atoms with E-state index in [0.29, 0.717) is 5.75 Å². The van der Waals surface area contributed by atoms with Crippen molar-refractivity contribution in [2.45, 2.75) is 32.3 Å². The number of hydrogen-bond donors (Lipinski definition) is 1. The molecule has 1 aliphatic rings. The normalized spacial score (nSPS) is 19.2. The molecule has 0 bridgehead atoms. The molecular weight excluding hydrogens is 230 g/mol. The maximum atomic E-state index is 12.1. The third-order valence-electron chi connectivity index (χ3n) is 3.37. The van der Waals surface area contributed by atoms with E-state index in [1.165, 1.54) is 0 Å². The zero-order chi connectivity index (χ0) is 13.5. The highest BCUT2D eigenvalue weighted by molar-refractivity contribution is 6.01. The summed E-state index contributed by atoms with van der Waals surface area (Å²) in [5, 5.41) is 9.18. The van der Waals surface area contributed by atoms with Gasteiger partial charge >= 0.3 is 0 Å². The molecule has 1 aromatic carbocycles. The summed E-state index contributed by atoms with van der Waals surface area (Å²) >= 11 is 0. The Morgan fingerprint density at radius 2 is 2.11 bits per heavy atom. The first-order valence-electron chi connectivity index (χ1n) is 6.09. The molecule has 4 nitrogen and oxygen atoms in total. The number of carbonyl (C=O) groups excluding carboxylic acids is 1. The second-order valence-corrected chi connectivity index (χ2v) is 5.29. The van der Waals surface area contributed by atoms with Gasteiger partial charge in [-0.05, 0) is 31.5 Å². The number of aliphatic hydroxyl groups is 1. The van der Waals surface area contributed by atoms with Crippen molar-refractivity contribution < 1.29 is 14.6 Å². The van der Waals surface area contributed by atoms with Gasteiger partial charge in [0.2, 0.25) is 0 Å². The van der Waals surface area contributed by atoms with Gasteiger partial charge in [0.15, 0.2) is 5.60 Å². The highest BCUT2D eigenvalue weighted by Crippen LogP contribution is 2.38. The third kappa shape index (κ3) is 1.97. The van der Waals surface area contributed by atoms with E-state index in [-0.39, 0.29) is 18.4 Å². The van der Waals surface area contributed by atoms with E-state index >= 15 is 0 Å². The van der Waals surface area contributed by atoms with Crippen molar-refractivity contribution in [3.63, 3.8) is 0 Å². The summed E-state index contributed by atoms with van der Waals surface area (Å²) in [5.74, 6) is 0.688. The summed E-state index contributed by atoms with van der Waals surface area (Å²) in [6.07, 6.45) is 0. The number of ether oxygens (including phenoxy) is 1. The molecule has 1 N–H and O–H groups in total. The molecular formula is C14H19NO3. The summed E-state index contributed by atoms with van der Waals surface area (Å²) < 4.78 is 5.72. The first-order valence-corrected chi connectivity index (χ1v) is 6.09. The van der Waals surface area contributed by atoms with Gasteiger partial charge in [0.25, 0.3) is 5.91 Å². The molecule has 98 valence electrons. The van der Waals surface area contributed by atoms with Gasteiger partial charge in [0.1, 0.15) is 5.75 Å². The monoisotopic (exact) mass is 249 g/mol. The lowest BCUT2D eigenvalue weighted by molar-refractivity contribution is -0.132. The van der Waals surface area contributed by atoms with E-state index in [9.17, 15) is 9.90 Å². The SMILES string of the molecule is CC(CO)c1ccc2c(c1)N(C)C(=O)C(C)(C)O2. The highest BCUT2D eigenvalue weighted by atomic mass is 16.5. The van der Waals surface area contributed by atoms with Crippen LogP contribution in [0.4, 0.5) is 5.69 Å². The topological polar surface area (TPSA) is 49.8 Å². The maximum Gasteiger partial charge on any atom is 0.270 e. The lowest BCUT2D eigenvalue weighted by Crippen LogP contribution is -2.50. The molecule has 1 atom stereocenters. The summed E-state index contributed by atoms with van der Waals surface area (Å²) in [5.41, 5.74) is 0.933. The van der Waals surface area contributed by atoms with E-state index in [2.05, 4.69) is 0 Å². The number of nitrogens with zero attached hydrogens (tertiary/aromatic N) is 1. The van der Waals surface area contributed by atoms with Gasteiger partial charge in [-0.1, -0.05) is 13.0 Å². The molecule has 2 rings (SSSR count). The lowest BCUT2D eigenvalue weighted by atomic mass is 9.98. The highest BCUT2D eigenvalue weighted by Gasteiger charge is 2.39. The number of hydrogen-bond acceptors (Lipinski definition) is 3. The van der Waals surface area contributed by atoms with Crippen molar-refractivity contribution in [1.82, 2.24) is 0 Å². The zero-order valence-corrected chi connectivity index (χ0v) is 11.2. The Labute approximate surface area is 107 Å². The Kier molecular flexibility index (Phi) is 3.07. The Morgan fingerprint density at radius 3 is 2.72 bits per heavy atom. The molecule has 4 heteroatoms. The molecule has 0 saturated carbocycles. The molecule has 1 heterocycles. The van der Waals surface area contributed by atoms with Crippen molar-refractivity contribution in [2.24, 2.45) is 0 Å². The van der Waals surface area contributed by atoms with Crippen molar-refractivity contribution in [2.75, 3.05) is 18.6 Å². The van der Waals surface area contributed by atoms with Crippen LogP contribution in [0.5, 0.6) is 5.75 Å². The molecule has 18 heavy (non-hydrogen) atoms. The summed E-state index contributed by atoms with van der Waals surface area (Å²) in [7, 11) is 1.75. The van der Waals surface area contributed by atoms with Crippen LogP contribution < -0.4 is 9.64 Å². The molecule has 1 aliphatic heterocycles. The van der Waals surface area contributed by atoms with Crippen molar-refractivity contribution >= 4 is 11.6 Å². The number of likely N-dealkylation sites (N-methyl/N-ethyl adjacent to an activating group) is 1. The summed E-state index contributed by atoms with van der Waals surface area (Å²) in [6, 6.07) is 5.70. The number of amides is 1. The van der Waals surface area contributed by atoms with Crippen molar-refractivity contribution in [1.29, 1.82) is 0 Å². The zero-order valence-electron chi connectivity index (χ0n) is 11.2. The van der Waals surface area contributed by atoms with Crippen LogP contribution in [0.25, 0.3) is 0 Å².